The smallest absolute Gasteiger partial charge is 0.246 e. The number of carbonyl (C=O) groups excluding carboxylic acids is 1. The van der Waals surface area contributed by atoms with E-state index in [9.17, 15) is 4.79 Å². The van der Waals surface area contributed by atoms with E-state index in [1.165, 1.54) is 11.1 Å². The van der Waals surface area contributed by atoms with E-state index in [1.54, 1.807) is 12.2 Å². The van der Waals surface area contributed by atoms with Crippen LogP contribution in [0.3, 0.4) is 0 Å². The van der Waals surface area contributed by atoms with Crippen molar-refractivity contribution in [3.63, 3.8) is 0 Å². The van der Waals surface area contributed by atoms with Crippen LogP contribution in [0.15, 0.2) is 91.0 Å². The van der Waals surface area contributed by atoms with E-state index >= 15 is 0 Å². The van der Waals surface area contributed by atoms with Gasteiger partial charge in [0.2, 0.25) is 5.91 Å². The lowest BCUT2D eigenvalue weighted by Crippen LogP contribution is -2.49. The molecule has 1 aliphatic rings. The molecule has 4 heteroatoms. The maximum Gasteiger partial charge on any atom is 0.246 e. The van der Waals surface area contributed by atoms with Crippen molar-refractivity contribution >= 4 is 23.6 Å². The van der Waals surface area contributed by atoms with Crippen molar-refractivity contribution in [2.45, 2.75) is 6.04 Å². The van der Waals surface area contributed by atoms with E-state index in [0.29, 0.717) is 18.1 Å². The van der Waals surface area contributed by atoms with E-state index in [4.69, 9.17) is 11.6 Å². The average Bonchev–Trinajstić information content (AvgIpc) is 2.80. The van der Waals surface area contributed by atoms with Gasteiger partial charge in [-0.3, -0.25) is 9.69 Å². The fraction of sp³-hybridized carbons (Fsp3) is 0.192. The molecule has 30 heavy (non-hydrogen) atoms. The summed E-state index contributed by atoms with van der Waals surface area (Å²) in [6, 6.07) is 28.9. The van der Waals surface area contributed by atoms with Crippen LogP contribution in [0.1, 0.15) is 22.7 Å². The SMILES string of the molecule is O=C(C=Cc1ccccc1Cl)N1CCN(C(c2ccccc2)c2ccccc2)CC1. The summed E-state index contributed by atoms with van der Waals surface area (Å²) < 4.78 is 0. The molecule has 0 N–H and O–H groups in total. The third-order valence-corrected chi connectivity index (χ3v) is 5.88. The lowest BCUT2D eigenvalue weighted by molar-refractivity contribution is -0.127. The Morgan fingerprint density at radius 1 is 0.767 bits per heavy atom. The second-order valence-corrected chi connectivity index (χ2v) is 7.85. The molecule has 0 unspecified atom stereocenters. The zero-order chi connectivity index (χ0) is 20.8. The highest BCUT2D eigenvalue weighted by atomic mass is 35.5. The standard InChI is InChI=1S/C26H25ClN2O/c27-24-14-8-7-9-21(24)15-16-25(30)28-17-19-29(20-18-28)26(22-10-3-1-4-11-22)23-12-5-2-6-13-23/h1-16,26H,17-20H2. The van der Waals surface area contributed by atoms with Crippen LogP contribution in [0, 0.1) is 0 Å². The molecule has 1 amide bonds. The Labute approximate surface area is 183 Å². The quantitative estimate of drug-likeness (QED) is 0.528. The normalized spacial score (nSPS) is 15.1. The van der Waals surface area contributed by atoms with Gasteiger partial charge in [-0.05, 0) is 28.8 Å². The van der Waals surface area contributed by atoms with Gasteiger partial charge in [0.25, 0.3) is 0 Å². The molecule has 0 radical (unpaired) electrons. The number of piperazine rings is 1. The van der Waals surface area contributed by atoms with Crippen LogP contribution in [0.5, 0.6) is 0 Å². The summed E-state index contributed by atoms with van der Waals surface area (Å²) in [5, 5.41) is 0.653. The van der Waals surface area contributed by atoms with Gasteiger partial charge in [-0.2, -0.15) is 0 Å². The summed E-state index contributed by atoms with van der Waals surface area (Å²) in [7, 11) is 0. The lowest BCUT2D eigenvalue weighted by atomic mass is 9.96. The van der Waals surface area contributed by atoms with Gasteiger partial charge in [-0.25, -0.2) is 0 Å². The summed E-state index contributed by atoms with van der Waals surface area (Å²) >= 11 is 6.18. The van der Waals surface area contributed by atoms with Crippen LogP contribution < -0.4 is 0 Å². The van der Waals surface area contributed by atoms with E-state index in [0.717, 1.165) is 18.7 Å². The number of amides is 1. The highest BCUT2D eigenvalue weighted by Crippen LogP contribution is 2.29. The molecule has 3 aromatic carbocycles. The minimum Gasteiger partial charge on any atom is -0.337 e. The summed E-state index contributed by atoms with van der Waals surface area (Å²) in [5.74, 6) is 0.0329. The molecule has 1 heterocycles. The van der Waals surface area contributed by atoms with E-state index in [1.807, 2.05) is 41.3 Å². The number of carbonyl (C=O) groups is 1. The number of benzene rings is 3. The van der Waals surface area contributed by atoms with Crippen molar-refractivity contribution in [2.24, 2.45) is 0 Å². The minimum absolute atomic E-state index is 0.0329. The zero-order valence-corrected chi connectivity index (χ0v) is 17.6. The fourth-order valence-corrected chi connectivity index (χ4v) is 4.16. The summed E-state index contributed by atoms with van der Waals surface area (Å²) in [6.45, 7) is 3.09. The first-order valence-corrected chi connectivity index (χ1v) is 10.7. The molecule has 3 aromatic rings. The van der Waals surface area contributed by atoms with Crippen molar-refractivity contribution in [1.82, 2.24) is 9.80 Å². The second-order valence-electron chi connectivity index (χ2n) is 7.44. The molecular formula is C26H25ClN2O. The number of hydrogen-bond donors (Lipinski definition) is 0. The van der Waals surface area contributed by atoms with Gasteiger partial charge >= 0.3 is 0 Å². The van der Waals surface area contributed by atoms with Crippen LogP contribution in [0.25, 0.3) is 6.08 Å². The minimum atomic E-state index is 0.0329. The Hall–Kier alpha value is -2.88. The molecule has 0 aliphatic carbocycles. The maximum absolute atomic E-state index is 12.7. The van der Waals surface area contributed by atoms with Gasteiger partial charge < -0.3 is 4.90 Å². The van der Waals surface area contributed by atoms with Crippen molar-refractivity contribution in [2.75, 3.05) is 26.2 Å². The molecule has 3 nitrogen and oxygen atoms in total. The van der Waals surface area contributed by atoms with Gasteiger partial charge in [0, 0.05) is 37.3 Å². The van der Waals surface area contributed by atoms with Crippen molar-refractivity contribution in [3.8, 4) is 0 Å². The molecule has 4 rings (SSSR count). The predicted octanol–water partition coefficient (Wildman–Crippen LogP) is 5.29. The highest BCUT2D eigenvalue weighted by molar-refractivity contribution is 6.32. The largest absolute Gasteiger partial charge is 0.337 e. The monoisotopic (exact) mass is 416 g/mol. The van der Waals surface area contributed by atoms with Gasteiger partial charge in [0.15, 0.2) is 0 Å². The van der Waals surface area contributed by atoms with E-state index in [-0.39, 0.29) is 11.9 Å². The van der Waals surface area contributed by atoms with Crippen LogP contribution >= 0.6 is 11.6 Å². The molecule has 0 atom stereocenters. The Bertz CT molecular complexity index is 956. The molecule has 1 aliphatic heterocycles. The Balaban J connectivity index is 1.44. The van der Waals surface area contributed by atoms with Gasteiger partial charge in [0.1, 0.15) is 0 Å². The predicted molar refractivity (Wildman–Crippen MR) is 123 cm³/mol. The Morgan fingerprint density at radius 2 is 1.30 bits per heavy atom. The molecule has 0 spiro atoms. The summed E-state index contributed by atoms with van der Waals surface area (Å²) in [6.07, 6.45) is 3.43. The third kappa shape index (κ3) is 4.81. The average molecular weight is 417 g/mol. The first-order chi connectivity index (χ1) is 14.7. The zero-order valence-electron chi connectivity index (χ0n) is 16.8. The highest BCUT2D eigenvalue weighted by Gasteiger charge is 2.27. The molecular weight excluding hydrogens is 392 g/mol. The van der Waals surface area contributed by atoms with Gasteiger partial charge in [-0.1, -0.05) is 90.5 Å². The first-order valence-electron chi connectivity index (χ1n) is 10.3. The molecule has 0 aromatic heterocycles. The number of nitrogens with zero attached hydrogens (tertiary/aromatic N) is 2. The van der Waals surface area contributed by atoms with Crippen LogP contribution in [0.4, 0.5) is 0 Å². The van der Waals surface area contributed by atoms with Gasteiger partial charge in [0.05, 0.1) is 6.04 Å². The molecule has 1 saturated heterocycles. The molecule has 0 bridgehead atoms. The number of rotatable bonds is 5. The van der Waals surface area contributed by atoms with E-state index in [2.05, 4.69) is 53.4 Å². The fourth-order valence-electron chi connectivity index (χ4n) is 3.96. The number of halogens is 1. The maximum atomic E-state index is 12.7. The number of hydrogen-bond acceptors (Lipinski definition) is 2. The Kier molecular flexibility index (Phi) is 6.63. The summed E-state index contributed by atoms with van der Waals surface area (Å²) in [5.41, 5.74) is 3.42. The van der Waals surface area contributed by atoms with Crippen molar-refractivity contribution in [3.05, 3.63) is 113 Å². The Morgan fingerprint density at radius 3 is 1.87 bits per heavy atom. The molecule has 152 valence electrons. The second kappa shape index (κ2) is 9.75. The third-order valence-electron chi connectivity index (χ3n) is 5.53. The summed E-state index contributed by atoms with van der Waals surface area (Å²) in [4.78, 5) is 17.1. The first kappa shape index (κ1) is 20.4. The van der Waals surface area contributed by atoms with Crippen molar-refractivity contribution in [1.29, 1.82) is 0 Å². The van der Waals surface area contributed by atoms with E-state index < -0.39 is 0 Å². The lowest BCUT2D eigenvalue weighted by Gasteiger charge is -2.39. The molecule has 1 fully saturated rings. The van der Waals surface area contributed by atoms with Crippen LogP contribution in [-0.4, -0.2) is 41.9 Å². The van der Waals surface area contributed by atoms with Gasteiger partial charge in [-0.15, -0.1) is 0 Å². The van der Waals surface area contributed by atoms with Crippen LogP contribution in [-0.2, 0) is 4.79 Å². The molecule has 0 saturated carbocycles. The van der Waals surface area contributed by atoms with Crippen LogP contribution in [0.2, 0.25) is 5.02 Å². The topological polar surface area (TPSA) is 23.6 Å². The van der Waals surface area contributed by atoms with Crippen molar-refractivity contribution < 1.29 is 4.79 Å².